The summed E-state index contributed by atoms with van der Waals surface area (Å²) in [7, 11) is 0. The number of ether oxygens (including phenoxy) is 1. The van der Waals surface area contributed by atoms with Gasteiger partial charge in [0.15, 0.2) is 5.11 Å². The summed E-state index contributed by atoms with van der Waals surface area (Å²) in [6, 6.07) is 12.6. The minimum absolute atomic E-state index is 0.251. The monoisotopic (exact) mass is 378 g/mol. The molecule has 0 bridgehead atoms. The lowest BCUT2D eigenvalue weighted by molar-refractivity contribution is -0.115. The lowest BCUT2D eigenvalue weighted by Gasteiger charge is -2.09. The van der Waals surface area contributed by atoms with E-state index < -0.39 is 0 Å². The molecular weight excluding hydrogens is 367 g/mol. The number of benzene rings is 2. The van der Waals surface area contributed by atoms with Gasteiger partial charge in [0.2, 0.25) is 0 Å². The van der Waals surface area contributed by atoms with Crippen LogP contribution < -0.4 is 15.4 Å². The van der Waals surface area contributed by atoms with Gasteiger partial charge < -0.3 is 10.1 Å². The average Bonchev–Trinajstić information content (AvgIpc) is 2.84. The van der Waals surface area contributed by atoms with E-state index >= 15 is 0 Å². The molecule has 0 atom stereocenters. The van der Waals surface area contributed by atoms with Gasteiger partial charge in [-0.2, -0.15) is 0 Å². The SMILES string of the molecule is O=C1NC(=S)N/C1=C\c1cccc(OCc2ccc(Cl)cc2Cl)c1. The number of rotatable bonds is 4. The van der Waals surface area contributed by atoms with Gasteiger partial charge in [-0.25, -0.2) is 0 Å². The van der Waals surface area contributed by atoms with Gasteiger partial charge in [-0.3, -0.25) is 10.1 Å². The molecule has 1 fully saturated rings. The molecule has 0 aromatic heterocycles. The van der Waals surface area contributed by atoms with Crippen LogP contribution in [0.3, 0.4) is 0 Å². The number of carbonyl (C=O) groups is 1. The lowest BCUT2D eigenvalue weighted by atomic mass is 10.2. The maximum atomic E-state index is 11.7. The molecule has 122 valence electrons. The van der Waals surface area contributed by atoms with Crippen LogP contribution in [0.5, 0.6) is 5.75 Å². The highest BCUT2D eigenvalue weighted by Crippen LogP contribution is 2.23. The Morgan fingerprint density at radius 2 is 1.96 bits per heavy atom. The van der Waals surface area contributed by atoms with E-state index in [1.807, 2.05) is 30.3 Å². The van der Waals surface area contributed by atoms with E-state index in [2.05, 4.69) is 10.6 Å². The van der Waals surface area contributed by atoms with Crippen LogP contribution in [0, 0.1) is 0 Å². The van der Waals surface area contributed by atoms with Crippen LogP contribution in [0.2, 0.25) is 10.0 Å². The summed E-state index contributed by atoms with van der Waals surface area (Å²) >= 11 is 16.9. The normalized spacial score (nSPS) is 15.3. The number of nitrogens with one attached hydrogen (secondary N) is 2. The van der Waals surface area contributed by atoms with E-state index in [0.717, 1.165) is 11.1 Å². The van der Waals surface area contributed by atoms with Gasteiger partial charge in [0.25, 0.3) is 5.91 Å². The van der Waals surface area contributed by atoms with Gasteiger partial charge >= 0.3 is 0 Å². The molecule has 1 heterocycles. The van der Waals surface area contributed by atoms with Crippen LogP contribution in [0.15, 0.2) is 48.2 Å². The first-order valence-corrected chi connectivity index (χ1v) is 8.18. The molecule has 1 amide bonds. The topological polar surface area (TPSA) is 50.4 Å². The van der Waals surface area contributed by atoms with Crippen LogP contribution >= 0.6 is 35.4 Å². The van der Waals surface area contributed by atoms with Gasteiger partial charge in [0, 0.05) is 15.6 Å². The third kappa shape index (κ3) is 4.06. The van der Waals surface area contributed by atoms with Gasteiger partial charge in [-0.15, -0.1) is 0 Å². The molecule has 0 saturated carbocycles. The fraction of sp³-hybridized carbons (Fsp3) is 0.0588. The first kappa shape index (κ1) is 16.8. The predicted molar refractivity (Wildman–Crippen MR) is 99.1 cm³/mol. The summed E-state index contributed by atoms with van der Waals surface area (Å²) in [6.45, 7) is 0.318. The fourth-order valence-electron chi connectivity index (χ4n) is 2.14. The van der Waals surface area contributed by atoms with Crippen LogP contribution in [0.25, 0.3) is 6.08 Å². The maximum absolute atomic E-state index is 11.7. The Bertz CT molecular complexity index is 852. The van der Waals surface area contributed by atoms with Crippen LogP contribution in [0.1, 0.15) is 11.1 Å². The number of hydrogen-bond acceptors (Lipinski definition) is 3. The molecule has 1 aliphatic rings. The summed E-state index contributed by atoms with van der Waals surface area (Å²) < 4.78 is 5.76. The summed E-state index contributed by atoms with van der Waals surface area (Å²) in [5.74, 6) is 0.413. The first-order chi connectivity index (χ1) is 11.5. The van der Waals surface area contributed by atoms with E-state index in [0.29, 0.717) is 33.2 Å². The molecule has 0 radical (unpaired) electrons. The molecule has 1 saturated heterocycles. The maximum Gasteiger partial charge on any atom is 0.273 e. The number of halogens is 2. The Labute approximate surface area is 154 Å². The molecule has 2 aromatic rings. The standard InChI is InChI=1S/C17H12Cl2N2O2S/c18-12-5-4-11(14(19)8-12)9-23-13-3-1-2-10(6-13)7-15-16(22)21-17(24)20-15/h1-8H,9H2,(H2,20,21,22,24)/b15-7-. The Morgan fingerprint density at radius 3 is 2.67 bits per heavy atom. The molecule has 1 aliphatic heterocycles. The molecule has 0 aliphatic carbocycles. The molecule has 0 spiro atoms. The van der Waals surface area contributed by atoms with E-state index in [4.69, 9.17) is 40.2 Å². The first-order valence-electron chi connectivity index (χ1n) is 7.02. The van der Waals surface area contributed by atoms with Crippen molar-refractivity contribution in [1.29, 1.82) is 0 Å². The molecule has 2 aromatic carbocycles. The third-order valence-electron chi connectivity index (χ3n) is 3.30. The predicted octanol–water partition coefficient (Wildman–Crippen LogP) is 3.92. The van der Waals surface area contributed by atoms with E-state index in [1.165, 1.54) is 0 Å². The van der Waals surface area contributed by atoms with Crippen molar-refractivity contribution >= 4 is 52.5 Å². The highest BCUT2D eigenvalue weighted by molar-refractivity contribution is 7.80. The number of thiocarbonyl (C=S) groups is 1. The minimum Gasteiger partial charge on any atom is -0.489 e. The minimum atomic E-state index is -0.251. The molecule has 2 N–H and O–H groups in total. The van der Waals surface area contributed by atoms with Crippen LogP contribution in [-0.2, 0) is 11.4 Å². The van der Waals surface area contributed by atoms with Crippen molar-refractivity contribution in [3.05, 3.63) is 69.3 Å². The Morgan fingerprint density at radius 1 is 1.12 bits per heavy atom. The average molecular weight is 379 g/mol. The highest BCUT2D eigenvalue weighted by atomic mass is 35.5. The Balaban J connectivity index is 1.73. The molecule has 0 unspecified atom stereocenters. The van der Waals surface area contributed by atoms with Crippen LogP contribution in [0.4, 0.5) is 0 Å². The van der Waals surface area contributed by atoms with E-state index in [-0.39, 0.29) is 5.91 Å². The molecular formula is C17H12Cl2N2O2S. The Kier molecular flexibility index (Phi) is 5.04. The second kappa shape index (κ2) is 7.21. The molecule has 7 heteroatoms. The number of carbonyl (C=O) groups excluding carboxylic acids is 1. The second-order valence-corrected chi connectivity index (χ2v) is 6.32. The largest absolute Gasteiger partial charge is 0.489 e. The third-order valence-corrected chi connectivity index (χ3v) is 4.09. The van der Waals surface area contributed by atoms with Crippen LogP contribution in [-0.4, -0.2) is 11.0 Å². The van der Waals surface area contributed by atoms with Crippen molar-refractivity contribution in [2.75, 3.05) is 0 Å². The molecule has 3 rings (SSSR count). The number of amides is 1. The van der Waals surface area contributed by atoms with Crippen molar-refractivity contribution in [3.8, 4) is 5.75 Å². The zero-order valence-corrected chi connectivity index (χ0v) is 14.6. The van der Waals surface area contributed by atoms with Crippen molar-refractivity contribution < 1.29 is 9.53 Å². The zero-order valence-electron chi connectivity index (χ0n) is 12.3. The summed E-state index contributed by atoms with van der Waals surface area (Å²) in [6.07, 6.45) is 1.71. The van der Waals surface area contributed by atoms with Crippen molar-refractivity contribution in [2.45, 2.75) is 6.61 Å². The van der Waals surface area contributed by atoms with Gasteiger partial charge in [0.05, 0.1) is 0 Å². The molecule has 24 heavy (non-hydrogen) atoms. The zero-order chi connectivity index (χ0) is 17.1. The molecule has 4 nitrogen and oxygen atoms in total. The van der Waals surface area contributed by atoms with E-state index in [9.17, 15) is 4.79 Å². The quantitative estimate of drug-likeness (QED) is 0.625. The van der Waals surface area contributed by atoms with Crippen molar-refractivity contribution in [1.82, 2.24) is 10.6 Å². The van der Waals surface area contributed by atoms with Gasteiger partial charge in [-0.1, -0.05) is 41.4 Å². The number of hydrogen-bond donors (Lipinski definition) is 2. The van der Waals surface area contributed by atoms with Gasteiger partial charge in [-0.05, 0) is 48.1 Å². The van der Waals surface area contributed by atoms with Crippen molar-refractivity contribution in [3.63, 3.8) is 0 Å². The fourth-order valence-corrected chi connectivity index (χ4v) is 2.81. The van der Waals surface area contributed by atoms with E-state index in [1.54, 1.807) is 18.2 Å². The summed E-state index contributed by atoms with van der Waals surface area (Å²) in [5.41, 5.74) is 2.06. The summed E-state index contributed by atoms with van der Waals surface area (Å²) in [4.78, 5) is 11.7. The Hall–Kier alpha value is -2.08. The second-order valence-electron chi connectivity index (χ2n) is 5.06. The smallest absolute Gasteiger partial charge is 0.273 e. The van der Waals surface area contributed by atoms with Crippen molar-refractivity contribution in [2.24, 2.45) is 0 Å². The summed E-state index contributed by atoms with van der Waals surface area (Å²) in [5, 5.41) is 6.76. The lowest BCUT2D eigenvalue weighted by Crippen LogP contribution is -2.21. The van der Waals surface area contributed by atoms with Gasteiger partial charge in [0.1, 0.15) is 18.1 Å². The highest BCUT2D eigenvalue weighted by Gasteiger charge is 2.19.